The molecule has 11 nitrogen and oxygen atoms in total. The molecule has 0 fully saturated rings. The third-order valence-corrected chi connectivity index (χ3v) is 5.04. The van der Waals surface area contributed by atoms with Gasteiger partial charge in [0, 0.05) is 0 Å². The summed E-state index contributed by atoms with van der Waals surface area (Å²) >= 11 is 0. The number of hydrogen-bond acceptors (Lipinski definition) is 8. The summed E-state index contributed by atoms with van der Waals surface area (Å²) in [6.07, 6.45) is 5.93. The van der Waals surface area contributed by atoms with Crippen molar-refractivity contribution in [3.05, 3.63) is 0 Å². The van der Waals surface area contributed by atoms with Crippen LogP contribution < -0.4 is 38.9 Å². The molecule has 0 rings (SSSR count). The molecule has 0 saturated carbocycles. The summed E-state index contributed by atoms with van der Waals surface area (Å²) in [7, 11) is 0. The van der Waals surface area contributed by atoms with Crippen LogP contribution in [0.3, 0.4) is 0 Å². The van der Waals surface area contributed by atoms with E-state index >= 15 is 0 Å². The van der Waals surface area contributed by atoms with E-state index in [1.54, 1.807) is 6.92 Å². The van der Waals surface area contributed by atoms with Crippen molar-refractivity contribution in [1.29, 1.82) is 0 Å². The fraction of sp³-hybridized carbons (Fsp3) is 0.810. The number of nitrogens with one attached hydrogen (secondary N) is 3. The van der Waals surface area contributed by atoms with Crippen LogP contribution in [0.4, 0.5) is 0 Å². The minimum Gasteiger partial charge on any atom is -0.345 e. The van der Waals surface area contributed by atoms with Crippen LogP contribution in [0, 0.1) is 0 Å². The highest BCUT2D eigenvalue weighted by atomic mass is 16.2. The molecule has 0 unspecified atom stereocenters. The van der Waals surface area contributed by atoms with Crippen LogP contribution in [-0.4, -0.2) is 67.8 Å². The smallest absolute Gasteiger partial charge is 0.243 e. The summed E-state index contributed by atoms with van der Waals surface area (Å²) in [6, 6.07) is -3.11. The van der Waals surface area contributed by atoms with Gasteiger partial charge in [-0.3, -0.25) is 14.4 Å². The first-order chi connectivity index (χ1) is 15.3. The molecule has 0 heterocycles. The van der Waals surface area contributed by atoms with E-state index in [1.165, 1.54) is 0 Å². The van der Waals surface area contributed by atoms with E-state index in [-0.39, 0.29) is 0 Å². The molecule has 0 aromatic rings. The van der Waals surface area contributed by atoms with Gasteiger partial charge >= 0.3 is 0 Å². The van der Waals surface area contributed by atoms with Crippen LogP contribution in [0.1, 0.15) is 64.7 Å². The van der Waals surface area contributed by atoms with Crippen molar-refractivity contribution in [3.63, 3.8) is 0 Å². The molecule has 0 saturated heterocycles. The lowest BCUT2D eigenvalue weighted by Crippen LogP contribution is -2.56. The molecule has 4 atom stereocenters. The molecule has 0 aromatic heterocycles. The van der Waals surface area contributed by atoms with Crippen molar-refractivity contribution in [2.45, 2.75) is 88.9 Å². The molecule has 0 radical (unpaired) electrons. The number of carbonyl (C=O) groups excluding carboxylic acids is 4. The Morgan fingerprint density at radius 2 is 1.09 bits per heavy atom. The van der Waals surface area contributed by atoms with Gasteiger partial charge in [-0.1, -0.05) is 6.42 Å². The van der Waals surface area contributed by atoms with Gasteiger partial charge < -0.3 is 43.7 Å². The number of amides is 3. The molecular weight excluding hydrogens is 414 g/mol. The normalized spacial score (nSPS) is 14.7. The fourth-order valence-corrected chi connectivity index (χ4v) is 3.07. The van der Waals surface area contributed by atoms with Gasteiger partial charge in [0.05, 0.1) is 12.1 Å². The van der Waals surface area contributed by atoms with Crippen LogP contribution in [0.5, 0.6) is 0 Å². The average Bonchev–Trinajstić information content (AvgIpc) is 2.77. The van der Waals surface area contributed by atoms with E-state index in [4.69, 9.17) is 22.9 Å². The summed E-state index contributed by atoms with van der Waals surface area (Å²) in [5.41, 5.74) is 22.5. The Bertz CT molecular complexity index is 562. The largest absolute Gasteiger partial charge is 0.345 e. The third kappa shape index (κ3) is 13.4. The molecule has 32 heavy (non-hydrogen) atoms. The van der Waals surface area contributed by atoms with Gasteiger partial charge in [0.25, 0.3) is 0 Å². The van der Waals surface area contributed by atoms with Crippen LogP contribution in [-0.2, 0) is 19.2 Å². The lowest BCUT2D eigenvalue weighted by Gasteiger charge is -2.25. The predicted molar refractivity (Wildman–Crippen MR) is 124 cm³/mol. The molecule has 11 N–H and O–H groups in total. The zero-order chi connectivity index (χ0) is 24.4. The topological polar surface area (TPSA) is 208 Å². The van der Waals surface area contributed by atoms with E-state index in [9.17, 15) is 19.2 Å². The van der Waals surface area contributed by atoms with Crippen molar-refractivity contribution < 1.29 is 19.2 Å². The summed E-state index contributed by atoms with van der Waals surface area (Å²) in [4.78, 5) is 48.9. The van der Waals surface area contributed by atoms with Crippen LogP contribution in [0.25, 0.3) is 0 Å². The minimum absolute atomic E-state index is 0.364. The maximum atomic E-state index is 13.0. The number of unbranched alkanes of at least 4 members (excludes halogenated alkanes) is 3. The number of hydrogen-bond donors (Lipinski definition) is 7. The summed E-state index contributed by atoms with van der Waals surface area (Å²) in [5.74, 6) is -1.36. The highest BCUT2D eigenvalue weighted by Gasteiger charge is 2.28. The van der Waals surface area contributed by atoms with Gasteiger partial charge in [0.1, 0.15) is 18.4 Å². The Kier molecular flexibility index (Phi) is 17.3. The lowest BCUT2D eigenvalue weighted by molar-refractivity contribution is -0.133. The van der Waals surface area contributed by atoms with E-state index in [1.807, 2.05) is 0 Å². The second-order valence-electron chi connectivity index (χ2n) is 8.02. The molecular formula is C21H43N7O4. The van der Waals surface area contributed by atoms with Gasteiger partial charge in [0.2, 0.25) is 17.7 Å². The minimum atomic E-state index is -0.845. The molecule has 186 valence electrons. The first kappa shape index (κ1) is 29.9. The average molecular weight is 458 g/mol. The number of carbonyl (C=O) groups is 4. The second kappa shape index (κ2) is 18.5. The summed E-state index contributed by atoms with van der Waals surface area (Å²) < 4.78 is 0. The maximum Gasteiger partial charge on any atom is 0.243 e. The van der Waals surface area contributed by atoms with Crippen molar-refractivity contribution in [1.82, 2.24) is 16.0 Å². The van der Waals surface area contributed by atoms with Gasteiger partial charge in [-0.2, -0.15) is 0 Å². The van der Waals surface area contributed by atoms with Crippen LogP contribution in [0.2, 0.25) is 0 Å². The van der Waals surface area contributed by atoms with E-state index in [0.717, 1.165) is 6.42 Å². The molecule has 0 aliphatic carbocycles. The number of aldehydes is 1. The third-order valence-electron chi connectivity index (χ3n) is 5.04. The van der Waals surface area contributed by atoms with Crippen LogP contribution >= 0.6 is 0 Å². The Balaban J connectivity index is 5.20. The van der Waals surface area contributed by atoms with E-state index < -0.39 is 41.9 Å². The van der Waals surface area contributed by atoms with Crippen molar-refractivity contribution in [3.8, 4) is 0 Å². The maximum absolute atomic E-state index is 13.0. The van der Waals surface area contributed by atoms with Gasteiger partial charge in [-0.05, 0) is 77.9 Å². The van der Waals surface area contributed by atoms with E-state index in [2.05, 4.69) is 16.0 Å². The lowest BCUT2D eigenvalue weighted by atomic mass is 10.0. The molecule has 0 bridgehead atoms. The molecule has 0 aliphatic heterocycles. The highest BCUT2D eigenvalue weighted by molar-refractivity contribution is 5.93. The van der Waals surface area contributed by atoms with Gasteiger partial charge in [-0.15, -0.1) is 0 Å². The zero-order valence-corrected chi connectivity index (χ0v) is 19.3. The molecule has 11 heteroatoms. The molecule has 3 amide bonds. The number of rotatable bonds is 19. The van der Waals surface area contributed by atoms with Crippen molar-refractivity contribution in [2.24, 2.45) is 22.9 Å². The monoisotopic (exact) mass is 457 g/mol. The van der Waals surface area contributed by atoms with E-state index in [0.29, 0.717) is 77.3 Å². The molecule has 0 aliphatic rings. The first-order valence-electron chi connectivity index (χ1n) is 11.5. The second-order valence-corrected chi connectivity index (χ2v) is 8.02. The van der Waals surface area contributed by atoms with Crippen molar-refractivity contribution >= 4 is 24.0 Å². The quantitative estimate of drug-likeness (QED) is 0.0882. The van der Waals surface area contributed by atoms with Gasteiger partial charge in [0.15, 0.2) is 0 Å². The Morgan fingerprint density at radius 3 is 1.53 bits per heavy atom. The zero-order valence-electron chi connectivity index (χ0n) is 19.3. The fourth-order valence-electron chi connectivity index (χ4n) is 3.07. The first-order valence-corrected chi connectivity index (χ1v) is 11.5. The summed E-state index contributed by atoms with van der Waals surface area (Å²) in [5, 5.41) is 7.98. The van der Waals surface area contributed by atoms with Gasteiger partial charge in [-0.25, -0.2) is 0 Å². The SMILES string of the molecule is C[C@@H](C=O)NC(=O)[C@H](CCCCN)NC(=O)[C@H](CCCCN)NC(=O)[C@@H](N)CCCCN. The summed E-state index contributed by atoms with van der Waals surface area (Å²) in [6.45, 7) is 3.00. The molecule has 0 spiro atoms. The highest BCUT2D eigenvalue weighted by Crippen LogP contribution is 2.07. The predicted octanol–water partition coefficient (Wildman–Crippen LogP) is -1.63. The Labute approximate surface area is 191 Å². The van der Waals surface area contributed by atoms with Crippen molar-refractivity contribution in [2.75, 3.05) is 19.6 Å². The molecule has 0 aromatic carbocycles. The Hall–Kier alpha value is -2.08. The van der Waals surface area contributed by atoms with Crippen LogP contribution in [0.15, 0.2) is 0 Å². The Morgan fingerprint density at radius 1 is 0.688 bits per heavy atom. The standard InChI is InChI=1S/C21H43N7O4/c1-15(14-29)26-20(31)17(9-3-6-12-23)28-21(32)18(10-4-7-13-24)27-19(30)16(25)8-2-5-11-22/h14-18H,2-13,22-25H2,1H3,(H,26,31)(H,27,30)(H,28,32)/t15-,16-,17-,18-/m0/s1. The number of nitrogens with two attached hydrogens (primary N) is 4.